The van der Waals surface area contributed by atoms with Crippen molar-refractivity contribution in [1.82, 2.24) is 14.9 Å². The van der Waals surface area contributed by atoms with Crippen molar-refractivity contribution < 1.29 is 38.2 Å². The summed E-state index contributed by atoms with van der Waals surface area (Å²) in [6.45, 7) is 3.18. The van der Waals surface area contributed by atoms with Gasteiger partial charge in [0.05, 0.1) is 5.92 Å². The molecule has 1 amide bonds. The molecule has 13 heteroatoms. The Balaban J connectivity index is 1.74. The van der Waals surface area contributed by atoms with Gasteiger partial charge in [0.15, 0.2) is 24.3 Å². The number of carbonyl (C=O) groups is 3. The molecule has 0 aliphatic carbocycles. The van der Waals surface area contributed by atoms with Gasteiger partial charge in [0.1, 0.15) is 12.7 Å². The summed E-state index contributed by atoms with van der Waals surface area (Å²) >= 11 is 0. The number of rotatable bonds is 6. The lowest BCUT2D eigenvalue weighted by atomic mass is 10.1. The highest BCUT2D eigenvalue weighted by Crippen LogP contribution is 2.37. The van der Waals surface area contributed by atoms with Crippen molar-refractivity contribution >= 4 is 24.0 Å². The van der Waals surface area contributed by atoms with Gasteiger partial charge in [0.2, 0.25) is 0 Å². The quantitative estimate of drug-likeness (QED) is 0.366. The number of amides is 1. The number of anilines is 1. The Morgan fingerprint density at radius 2 is 2.00 bits per heavy atom. The minimum atomic E-state index is -1.04. The number of ether oxygens (including phenoxy) is 4. The molecule has 0 bridgehead atoms. The molecule has 29 heavy (non-hydrogen) atoms. The van der Waals surface area contributed by atoms with E-state index in [0.29, 0.717) is 0 Å². The third kappa shape index (κ3) is 4.39. The highest BCUT2D eigenvalue weighted by Gasteiger charge is 2.55. The fraction of sp³-hybridized carbons (Fsp3) is 0.562. The number of aromatic nitrogens is 2. The van der Waals surface area contributed by atoms with Gasteiger partial charge in [-0.2, -0.15) is 10.5 Å². The second-order valence-corrected chi connectivity index (χ2v) is 6.51. The summed E-state index contributed by atoms with van der Waals surface area (Å²) in [7, 11) is 1.36. The largest absolute Gasteiger partial charge is 0.509 e. The lowest BCUT2D eigenvalue weighted by molar-refractivity contribution is -0.154. The van der Waals surface area contributed by atoms with E-state index in [9.17, 15) is 19.2 Å². The molecule has 0 saturated carbocycles. The zero-order valence-corrected chi connectivity index (χ0v) is 15.8. The first-order valence-corrected chi connectivity index (χ1v) is 8.73. The molecule has 1 aromatic rings. The molecule has 1 aromatic heterocycles. The van der Waals surface area contributed by atoms with Crippen LogP contribution in [-0.2, 0) is 28.6 Å². The fourth-order valence-electron chi connectivity index (χ4n) is 2.73. The van der Waals surface area contributed by atoms with Crippen LogP contribution in [-0.4, -0.2) is 59.7 Å². The summed E-state index contributed by atoms with van der Waals surface area (Å²) in [6.07, 6.45) is -4.00. The van der Waals surface area contributed by atoms with Crippen LogP contribution in [0.4, 0.5) is 15.4 Å². The molecular formula is C16H20N4O9. The van der Waals surface area contributed by atoms with Gasteiger partial charge in [0, 0.05) is 19.3 Å². The third-order valence-electron chi connectivity index (χ3n) is 4.17. The van der Waals surface area contributed by atoms with E-state index in [0.717, 1.165) is 4.57 Å². The van der Waals surface area contributed by atoms with Crippen LogP contribution in [0.3, 0.4) is 0 Å². The highest BCUT2D eigenvalue weighted by atomic mass is 16.8. The van der Waals surface area contributed by atoms with Gasteiger partial charge in [-0.1, -0.05) is 13.8 Å². The number of nitrogens with zero attached hydrogens (tertiary/aromatic N) is 2. The van der Waals surface area contributed by atoms with Crippen LogP contribution >= 0.6 is 0 Å². The Labute approximate surface area is 164 Å². The Morgan fingerprint density at radius 3 is 2.66 bits per heavy atom. The molecule has 158 valence electrons. The number of hydrogen-bond acceptors (Lipinski definition) is 11. The van der Waals surface area contributed by atoms with Crippen molar-refractivity contribution in [2.24, 2.45) is 5.92 Å². The lowest BCUT2D eigenvalue weighted by Crippen LogP contribution is -2.35. The molecule has 2 aliphatic rings. The molecule has 0 radical (unpaired) electrons. The zero-order chi connectivity index (χ0) is 21.1. The monoisotopic (exact) mass is 412 g/mol. The molecule has 2 N–H and O–H groups in total. The Morgan fingerprint density at radius 1 is 1.28 bits per heavy atom. The molecule has 0 unspecified atom stereocenters. The maximum Gasteiger partial charge on any atom is 0.509 e. The van der Waals surface area contributed by atoms with Gasteiger partial charge < -0.3 is 29.1 Å². The summed E-state index contributed by atoms with van der Waals surface area (Å²) in [5, 5.41) is 2.21. The Hall–Kier alpha value is -3.35. The number of carbonyl (C=O) groups excluding carboxylic acids is 3. The molecule has 13 nitrogen and oxygen atoms in total. The molecule has 0 aromatic carbocycles. The van der Waals surface area contributed by atoms with Crippen molar-refractivity contribution in [1.29, 1.82) is 0 Å². The summed E-state index contributed by atoms with van der Waals surface area (Å²) < 4.78 is 22.2. The first-order chi connectivity index (χ1) is 13.8. The van der Waals surface area contributed by atoms with Crippen LogP contribution in [0.15, 0.2) is 17.1 Å². The molecule has 2 saturated heterocycles. The van der Waals surface area contributed by atoms with Gasteiger partial charge in [0.25, 0.3) is 0 Å². The van der Waals surface area contributed by atoms with E-state index in [2.05, 4.69) is 20.6 Å². The second kappa shape index (κ2) is 8.34. The van der Waals surface area contributed by atoms with Crippen molar-refractivity contribution in [3.8, 4) is 0 Å². The molecule has 2 fully saturated rings. The molecule has 3 heterocycles. The van der Waals surface area contributed by atoms with Crippen LogP contribution in [0.1, 0.15) is 20.1 Å². The standard InChI is InChI=1S/C16H20N4O9/c1-7(2)13(21)25-6-8-10-11(28-16(24)27-10)12(26-8)20-5-4-9(18-14(20)22)19-29-15(23)17-3/h4-5,7-8,10-12H,6H2,1-3H3,(H,17,23)(H,18,19,22)/t8-,10-,11-,12-/m1/s1. The number of hydrogen-bond donors (Lipinski definition) is 2. The average Bonchev–Trinajstić information content (AvgIpc) is 3.21. The van der Waals surface area contributed by atoms with E-state index in [4.69, 9.17) is 18.9 Å². The summed E-state index contributed by atoms with van der Waals surface area (Å²) in [5.41, 5.74) is 1.45. The van der Waals surface area contributed by atoms with Crippen LogP contribution in [0.25, 0.3) is 0 Å². The first-order valence-electron chi connectivity index (χ1n) is 8.73. The molecular weight excluding hydrogens is 392 g/mol. The minimum absolute atomic E-state index is 0.0218. The number of esters is 1. The van der Waals surface area contributed by atoms with Gasteiger partial charge >= 0.3 is 23.9 Å². The SMILES string of the molecule is CNC(=O)ONc1ccn([C@@H]2O[C@H](COC(=O)C(C)C)[C@H]3OC(=O)O[C@H]32)c(=O)n1. The second-order valence-electron chi connectivity index (χ2n) is 6.51. The maximum absolute atomic E-state index is 12.4. The first kappa shape index (κ1) is 20.4. The van der Waals surface area contributed by atoms with Crippen molar-refractivity contribution in [3.63, 3.8) is 0 Å². The third-order valence-corrected chi connectivity index (χ3v) is 4.17. The molecule has 4 atom stereocenters. The predicted octanol–water partition coefficient (Wildman–Crippen LogP) is -0.0732. The van der Waals surface area contributed by atoms with Gasteiger partial charge in [-0.05, 0) is 0 Å². The average molecular weight is 412 g/mol. The van der Waals surface area contributed by atoms with Crippen molar-refractivity contribution in [2.75, 3.05) is 19.1 Å². The number of nitrogens with one attached hydrogen (secondary N) is 2. The van der Waals surface area contributed by atoms with Crippen LogP contribution in [0, 0.1) is 5.92 Å². The predicted molar refractivity (Wildman–Crippen MR) is 92.5 cm³/mol. The van der Waals surface area contributed by atoms with Gasteiger partial charge in [-0.3, -0.25) is 9.36 Å². The van der Waals surface area contributed by atoms with Gasteiger partial charge in [-0.25, -0.2) is 14.4 Å². The molecule has 2 aliphatic heterocycles. The van der Waals surface area contributed by atoms with E-state index < -0.39 is 48.4 Å². The summed E-state index contributed by atoms with van der Waals surface area (Å²) in [4.78, 5) is 55.0. The fourth-order valence-corrected chi connectivity index (χ4v) is 2.73. The van der Waals surface area contributed by atoms with E-state index >= 15 is 0 Å². The number of fused-ring (bicyclic) bond motifs is 1. The van der Waals surface area contributed by atoms with Crippen molar-refractivity contribution in [3.05, 3.63) is 22.7 Å². The zero-order valence-electron chi connectivity index (χ0n) is 15.8. The van der Waals surface area contributed by atoms with Crippen LogP contribution in [0.2, 0.25) is 0 Å². The van der Waals surface area contributed by atoms with E-state index in [-0.39, 0.29) is 18.3 Å². The van der Waals surface area contributed by atoms with Crippen molar-refractivity contribution in [2.45, 2.75) is 38.4 Å². The van der Waals surface area contributed by atoms with E-state index in [1.54, 1.807) is 13.8 Å². The maximum atomic E-state index is 12.4. The summed E-state index contributed by atoms with van der Waals surface area (Å²) in [6, 6.07) is 1.35. The minimum Gasteiger partial charge on any atom is -0.463 e. The Kier molecular flexibility index (Phi) is 5.87. The smallest absolute Gasteiger partial charge is 0.463 e. The van der Waals surface area contributed by atoms with E-state index in [1.807, 2.05) is 0 Å². The highest BCUT2D eigenvalue weighted by molar-refractivity contribution is 5.71. The van der Waals surface area contributed by atoms with E-state index in [1.165, 1.54) is 19.3 Å². The van der Waals surface area contributed by atoms with Gasteiger partial charge in [-0.15, -0.1) is 0 Å². The normalized spacial score (nSPS) is 25.0. The molecule has 0 spiro atoms. The summed E-state index contributed by atoms with van der Waals surface area (Å²) in [5.74, 6) is -0.801. The van der Waals surface area contributed by atoms with Crippen LogP contribution in [0.5, 0.6) is 0 Å². The topological polar surface area (TPSA) is 156 Å². The Bertz CT molecular complexity index is 855. The lowest BCUT2D eigenvalue weighted by Gasteiger charge is -2.18. The van der Waals surface area contributed by atoms with Crippen LogP contribution < -0.4 is 16.5 Å². The molecule has 3 rings (SSSR count).